The highest BCUT2D eigenvalue weighted by Crippen LogP contribution is 2.21. The van der Waals surface area contributed by atoms with Gasteiger partial charge in [0.05, 0.1) is 12.1 Å². The van der Waals surface area contributed by atoms with E-state index in [0.29, 0.717) is 17.3 Å². The third-order valence-electron chi connectivity index (χ3n) is 2.45. The number of aromatic nitrogens is 2. The minimum Gasteiger partial charge on any atom is -0.507 e. The van der Waals surface area contributed by atoms with Gasteiger partial charge in [0.15, 0.2) is 5.82 Å². The van der Waals surface area contributed by atoms with E-state index < -0.39 is 0 Å². The van der Waals surface area contributed by atoms with E-state index in [9.17, 15) is 9.90 Å². The van der Waals surface area contributed by atoms with Crippen molar-refractivity contribution in [3.8, 4) is 5.75 Å². The van der Waals surface area contributed by atoms with Gasteiger partial charge in [0.2, 0.25) is 5.89 Å². The van der Waals surface area contributed by atoms with Gasteiger partial charge >= 0.3 is 0 Å². The van der Waals surface area contributed by atoms with E-state index >= 15 is 0 Å². The number of phenolic OH excluding ortho intramolecular Hbond substituents is 1. The SMILES string of the molecule is Cc1noc(CNC(=O)c2cccc(C)c2O)n1. The van der Waals surface area contributed by atoms with Crippen LogP contribution in [0.4, 0.5) is 0 Å². The fourth-order valence-corrected chi connectivity index (χ4v) is 1.51. The van der Waals surface area contributed by atoms with Crippen molar-refractivity contribution in [2.24, 2.45) is 0 Å². The molecular weight excluding hydrogens is 234 g/mol. The Labute approximate surface area is 104 Å². The highest BCUT2D eigenvalue weighted by Gasteiger charge is 2.13. The lowest BCUT2D eigenvalue weighted by Gasteiger charge is -2.06. The maximum Gasteiger partial charge on any atom is 0.255 e. The highest BCUT2D eigenvalue weighted by atomic mass is 16.5. The molecule has 0 unspecified atom stereocenters. The number of para-hydroxylation sites is 1. The molecule has 1 aromatic carbocycles. The van der Waals surface area contributed by atoms with Gasteiger partial charge in [0, 0.05) is 0 Å². The van der Waals surface area contributed by atoms with E-state index in [1.807, 2.05) is 0 Å². The first-order valence-corrected chi connectivity index (χ1v) is 5.44. The third kappa shape index (κ3) is 2.48. The molecule has 1 heterocycles. The van der Waals surface area contributed by atoms with Crippen LogP contribution in [0.1, 0.15) is 27.6 Å². The number of carbonyl (C=O) groups is 1. The summed E-state index contributed by atoms with van der Waals surface area (Å²) in [4.78, 5) is 15.8. The molecule has 0 atom stereocenters. The van der Waals surface area contributed by atoms with Gasteiger partial charge in [-0.1, -0.05) is 17.3 Å². The quantitative estimate of drug-likeness (QED) is 0.854. The lowest BCUT2D eigenvalue weighted by molar-refractivity contribution is 0.0943. The molecule has 0 aliphatic carbocycles. The van der Waals surface area contributed by atoms with Crippen LogP contribution in [-0.2, 0) is 6.54 Å². The molecular formula is C12H13N3O3. The Balaban J connectivity index is 2.06. The van der Waals surface area contributed by atoms with Crippen molar-refractivity contribution in [3.05, 3.63) is 41.0 Å². The molecule has 0 saturated heterocycles. The average Bonchev–Trinajstić information content (AvgIpc) is 2.76. The molecule has 18 heavy (non-hydrogen) atoms. The summed E-state index contributed by atoms with van der Waals surface area (Å²) in [5, 5.41) is 16.0. The molecule has 0 aliphatic heterocycles. The zero-order valence-corrected chi connectivity index (χ0v) is 10.1. The highest BCUT2D eigenvalue weighted by molar-refractivity contribution is 5.97. The van der Waals surface area contributed by atoms with E-state index in [1.165, 1.54) is 0 Å². The van der Waals surface area contributed by atoms with Crippen LogP contribution in [0.2, 0.25) is 0 Å². The van der Waals surface area contributed by atoms with Crippen molar-refractivity contribution >= 4 is 5.91 Å². The van der Waals surface area contributed by atoms with Crippen molar-refractivity contribution in [1.82, 2.24) is 15.5 Å². The second-order valence-corrected chi connectivity index (χ2v) is 3.89. The van der Waals surface area contributed by atoms with Crippen molar-refractivity contribution in [2.75, 3.05) is 0 Å². The number of hydrogen-bond donors (Lipinski definition) is 2. The first-order chi connectivity index (χ1) is 8.58. The summed E-state index contributed by atoms with van der Waals surface area (Å²) in [6.07, 6.45) is 0. The molecule has 94 valence electrons. The molecule has 6 nitrogen and oxygen atoms in total. The second-order valence-electron chi connectivity index (χ2n) is 3.89. The minimum atomic E-state index is -0.382. The van der Waals surface area contributed by atoms with Crippen LogP contribution in [0.3, 0.4) is 0 Å². The molecule has 1 aromatic heterocycles. The van der Waals surface area contributed by atoms with Crippen molar-refractivity contribution in [3.63, 3.8) is 0 Å². The monoisotopic (exact) mass is 247 g/mol. The Morgan fingerprint density at radius 2 is 2.22 bits per heavy atom. The number of nitrogens with zero attached hydrogens (tertiary/aromatic N) is 2. The number of benzene rings is 1. The summed E-state index contributed by atoms with van der Waals surface area (Å²) < 4.78 is 4.87. The largest absolute Gasteiger partial charge is 0.507 e. The molecule has 6 heteroatoms. The fraction of sp³-hybridized carbons (Fsp3) is 0.250. The summed E-state index contributed by atoms with van der Waals surface area (Å²) >= 11 is 0. The van der Waals surface area contributed by atoms with E-state index in [1.54, 1.807) is 32.0 Å². The summed E-state index contributed by atoms with van der Waals surface area (Å²) in [5.41, 5.74) is 0.877. The van der Waals surface area contributed by atoms with Crippen LogP contribution in [-0.4, -0.2) is 21.2 Å². The van der Waals surface area contributed by atoms with Gasteiger partial charge in [-0.05, 0) is 25.5 Å². The Morgan fingerprint density at radius 3 is 2.89 bits per heavy atom. The van der Waals surface area contributed by atoms with Gasteiger partial charge in [0.1, 0.15) is 5.75 Å². The molecule has 1 amide bonds. The molecule has 0 bridgehead atoms. The van der Waals surface area contributed by atoms with Crippen LogP contribution in [0.15, 0.2) is 22.7 Å². The molecule has 2 rings (SSSR count). The maximum absolute atomic E-state index is 11.8. The normalized spacial score (nSPS) is 10.3. The Hall–Kier alpha value is -2.37. The Bertz CT molecular complexity index is 578. The number of hydrogen-bond acceptors (Lipinski definition) is 5. The zero-order valence-electron chi connectivity index (χ0n) is 10.1. The first kappa shape index (κ1) is 12.1. The van der Waals surface area contributed by atoms with Gasteiger partial charge in [0.25, 0.3) is 5.91 Å². The topological polar surface area (TPSA) is 88.2 Å². The van der Waals surface area contributed by atoms with Crippen molar-refractivity contribution < 1.29 is 14.4 Å². The number of phenols is 1. The molecule has 0 saturated carbocycles. The van der Waals surface area contributed by atoms with Gasteiger partial charge in [-0.2, -0.15) is 4.98 Å². The van der Waals surface area contributed by atoms with Crippen LogP contribution in [0, 0.1) is 13.8 Å². The average molecular weight is 247 g/mol. The third-order valence-corrected chi connectivity index (χ3v) is 2.45. The lowest BCUT2D eigenvalue weighted by atomic mass is 10.1. The molecule has 0 spiro atoms. The number of aryl methyl sites for hydroxylation is 2. The van der Waals surface area contributed by atoms with E-state index in [2.05, 4.69) is 15.5 Å². The summed E-state index contributed by atoms with van der Waals surface area (Å²) in [7, 11) is 0. The number of nitrogens with one attached hydrogen (secondary N) is 1. The van der Waals surface area contributed by atoms with Gasteiger partial charge in [-0.15, -0.1) is 0 Å². The second kappa shape index (κ2) is 4.87. The number of amides is 1. The zero-order chi connectivity index (χ0) is 13.1. The minimum absolute atomic E-state index is 0.0169. The standard InChI is InChI=1S/C12H13N3O3/c1-7-4-3-5-9(11(7)16)12(17)13-6-10-14-8(2)15-18-10/h3-5,16H,6H2,1-2H3,(H,13,17). The Morgan fingerprint density at radius 1 is 1.44 bits per heavy atom. The van der Waals surface area contributed by atoms with Crippen LogP contribution in [0.5, 0.6) is 5.75 Å². The number of rotatable bonds is 3. The molecule has 0 radical (unpaired) electrons. The number of aromatic hydroxyl groups is 1. The predicted octanol–water partition coefficient (Wildman–Crippen LogP) is 1.32. The summed E-state index contributed by atoms with van der Waals surface area (Å²) in [5.74, 6) is 0.439. The summed E-state index contributed by atoms with van der Waals surface area (Å²) in [6.45, 7) is 3.56. The molecule has 0 aliphatic rings. The first-order valence-electron chi connectivity index (χ1n) is 5.44. The van der Waals surface area contributed by atoms with E-state index in [4.69, 9.17) is 4.52 Å². The van der Waals surface area contributed by atoms with Crippen LogP contribution < -0.4 is 5.32 Å². The van der Waals surface area contributed by atoms with Crippen molar-refractivity contribution in [2.45, 2.75) is 20.4 Å². The Kier molecular flexibility index (Phi) is 3.27. The predicted molar refractivity (Wildman–Crippen MR) is 63.0 cm³/mol. The summed E-state index contributed by atoms with van der Waals surface area (Å²) in [6, 6.07) is 4.99. The van der Waals surface area contributed by atoms with Crippen molar-refractivity contribution in [1.29, 1.82) is 0 Å². The molecule has 0 fully saturated rings. The van der Waals surface area contributed by atoms with Gasteiger partial charge < -0.3 is 14.9 Å². The van der Waals surface area contributed by atoms with Gasteiger partial charge in [-0.3, -0.25) is 4.79 Å². The van der Waals surface area contributed by atoms with E-state index in [-0.39, 0.29) is 23.8 Å². The van der Waals surface area contributed by atoms with Crippen LogP contribution in [0.25, 0.3) is 0 Å². The maximum atomic E-state index is 11.8. The van der Waals surface area contributed by atoms with E-state index in [0.717, 1.165) is 0 Å². The van der Waals surface area contributed by atoms with Gasteiger partial charge in [-0.25, -0.2) is 0 Å². The smallest absolute Gasteiger partial charge is 0.255 e. The molecule has 2 aromatic rings. The molecule has 2 N–H and O–H groups in total. The fourth-order valence-electron chi connectivity index (χ4n) is 1.51. The van der Waals surface area contributed by atoms with Crippen LogP contribution >= 0.6 is 0 Å². The number of carbonyl (C=O) groups excluding carboxylic acids is 1. The lowest BCUT2D eigenvalue weighted by Crippen LogP contribution is -2.23.